The van der Waals surface area contributed by atoms with Gasteiger partial charge in [-0.05, 0) is 32.9 Å². The fourth-order valence-corrected chi connectivity index (χ4v) is 3.10. The Hall–Kier alpha value is -1.88. The third-order valence-corrected chi connectivity index (χ3v) is 4.84. The van der Waals surface area contributed by atoms with Crippen molar-refractivity contribution in [1.82, 2.24) is 9.66 Å². The summed E-state index contributed by atoms with van der Waals surface area (Å²) in [5.41, 5.74) is 0.246. The van der Waals surface area contributed by atoms with E-state index in [9.17, 15) is 9.90 Å². The molecule has 1 N–H and O–H groups in total. The summed E-state index contributed by atoms with van der Waals surface area (Å²) in [4.78, 5) is 17.5. The van der Waals surface area contributed by atoms with E-state index >= 15 is 0 Å². The van der Waals surface area contributed by atoms with Crippen LogP contribution in [0.1, 0.15) is 33.5 Å². The van der Waals surface area contributed by atoms with E-state index in [-0.39, 0.29) is 11.6 Å². The summed E-state index contributed by atoms with van der Waals surface area (Å²) in [5, 5.41) is 12.6. The Balaban J connectivity index is 2.24. The van der Waals surface area contributed by atoms with Gasteiger partial charge < -0.3 is 5.11 Å². The lowest BCUT2D eigenvalue weighted by Crippen LogP contribution is -2.40. The number of nitrogens with zero attached hydrogens (tertiary/aromatic N) is 3. The van der Waals surface area contributed by atoms with Gasteiger partial charge in [-0.3, -0.25) is 9.80 Å². The van der Waals surface area contributed by atoms with Crippen molar-refractivity contribution in [3.8, 4) is 0 Å². The third-order valence-electron chi connectivity index (χ3n) is 4.84. The number of aliphatic hydroxyl groups excluding tert-OH is 1. The summed E-state index contributed by atoms with van der Waals surface area (Å²) in [6.45, 7) is 7.75. The molecule has 1 fully saturated rings. The highest BCUT2D eigenvalue weighted by atomic mass is 16.3. The molecule has 0 saturated carbocycles. The van der Waals surface area contributed by atoms with Gasteiger partial charge in [0, 0.05) is 6.42 Å². The van der Waals surface area contributed by atoms with Crippen LogP contribution in [0, 0.1) is 0 Å². The predicted molar refractivity (Wildman–Crippen MR) is 83.1 cm³/mol. The van der Waals surface area contributed by atoms with E-state index in [4.69, 9.17) is 0 Å². The highest BCUT2D eigenvalue weighted by Gasteiger charge is 2.61. The second kappa shape index (κ2) is 4.56. The van der Waals surface area contributed by atoms with E-state index in [1.54, 1.807) is 17.7 Å². The number of aryl methyl sites for hydroxylation is 1. The van der Waals surface area contributed by atoms with E-state index in [1.807, 2.05) is 44.0 Å². The number of aromatic nitrogens is 2. The minimum Gasteiger partial charge on any atom is -0.391 e. The molecule has 0 radical (unpaired) electrons. The van der Waals surface area contributed by atoms with Gasteiger partial charge in [0.25, 0.3) is 5.56 Å². The molecular formula is C16H21N3O2. The average molecular weight is 287 g/mol. The van der Waals surface area contributed by atoms with Crippen LogP contribution in [-0.2, 0) is 6.42 Å². The Morgan fingerprint density at radius 1 is 1.43 bits per heavy atom. The molecule has 1 saturated heterocycles. The Kier molecular flexibility index (Phi) is 3.06. The molecule has 0 bridgehead atoms. The molecule has 0 unspecified atom stereocenters. The summed E-state index contributed by atoms with van der Waals surface area (Å²) in [6, 6.07) is 7.50. The highest BCUT2D eigenvalue weighted by molar-refractivity contribution is 5.77. The molecular weight excluding hydrogens is 266 g/mol. The maximum absolute atomic E-state index is 12.8. The van der Waals surface area contributed by atoms with Crippen LogP contribution in [0.25, 0.3) is 10.9 Å². The molecule has 1 aromatic heterocycles. The standard InChI is InChI=1S/C16H21N3O2/c1-5-14-17-13-9-7-6-8-12(13)15(21)18(14)19-10(2)16(19,4)11(3)20/h6-11,20H,5H2,1-4H3/t10-,11+,16+,19?/m1/s1. The summed E-state index contributed by atoms with van der Waals surface area (Å²) in [5.74, 6) is 0.731. The molecule has 0 aliphatic carbocycles. The van der Waals surface area contributed by atoms with Crippen LogP contribution < -0.4 is 10.6 Å². The topological polar surface area (TPSA) is 58.1 Å². The predicted octanol–water partition coefficient (Wildman–Crippen LogP) is 1.44. The maximum Gasteiger partial charge on any atom is 0.280 e. The Labute approximate surface area is 123 Å². The van der Waals surface area contributed by atoms with Gasteiger partial charge in [0.05, 0.1) is 23.0 Å². The van der Waals surface area contributed by atoms with Gasteiger partial charge in [-0.2, -0.15) is 0 Å². The first-order chi connectivity index (χ1) is 9.92. The normalized spacial score (nSPS) is 26.1. The summed E-state index contributed by atoms with van der Waals surface area (Å²) in [7, 11) is 0. The fraction of sp³-hybridized carbons (Fsp3) is 0.500. The zero-order valence-electron chi connectivity index (χ0n) is 12.9. The van der Waals surface area contributed by atoms with Crippen molar-refractivity contribution in [2.24, 2.45) is 0 Å². The Morgan fingerprint density at radius 3 is 2.67 bits per heavy atom. The van der Waals surface area contributed by atoms with E-state index in [0.29, 0.717) is 11.8 Å². The van der Waals surface area contributed by atoms with Gasteiger partial charge in [0.2, 0.25) is 0 Å². The summed E-state index contributed by atoms with van der Waals surface area (Å²) >= 11 is 0. The van der Waals surface area contributed by atoms with Gasteiger partial charge in [0.1, 0.15) is 11.4 Å². The Bertz CT molecular complexity index is 753. The monoisotopic (exact) mass is 287 g/mol. The third kappa shape index (κ3) is 1.80. The molecule has 1 aromatic carbocycles. The van der Waals surface area contributed by atoms with Crippen LogP contribution >= 0.6 is 0 Å². The zero-order valence-corrected chi connectivity index (χ0v) is 12.9. The number of benzene rings is 1. The molecule has 3 rings (SSSR count). The fourth-order valence-electron chi connectivity index (χ4n) is 3.10. The molecule has 2 aromatic rings. The molecule has 5 heteroatoms. The first-order valence-corrected chi connectivity index (χ1v) is 7.41. The minimum atomic E-state index is -0.518. The van der Waals surface area contributed by atoms with E-state index < -0.39 is 11.6 Å². The van der Waals surface area contributed by atoms with Crippen LogP contribution in [-0.4, -0.2) is 32.5 Å². The van der Waals surface area contributed by atoms with Crippen LogP contribution in [0.3, 0.4) is 0 Å². The average Bonchev–Trinajstić information content (AvgIpc) is 3.02. The molecule has 5 nitrogen and oxygen atoms in total. The lowest BCUT2D eigenvalue weighted by Gasteiger charge is -2.20. The molecule has 0 amide bonds. The van der Waals surface area contributed by atoms with Crippen LogP contribution in [0.5, 0.6) is 0 Å². The van der Waals surface area contributed by atoms with E-state index in [2.05, 4.69) is 4.98 Å². The molecule has 1 aliphatic rings. The molecule has 2 heterocycles. The lowest BCUT2D eigenvalue weighted by atomic mass is 10.0. The lowest BCUT2D eigenvalue weighted by molar-refractivity contribution is 0.153. The van der Waals surface area contributed by atoms with Crippen LogP contribution in [0.2, 0.25) is 0 Å². The largest absolute Gasteiger partial charge is 0.391 e. The van der Waals surface area contributed by atoms with Crippen LogP contribution in [0.15, 0.2) is 29.1 Å². The minimum absolute atomic E-state index is 0.0614. The van der Waals surface area contributed by atoms with Gasteiger partial charge in [-0.25, -0.2) is 9.66 Å². The van der Waals surface area contributed by atoms with Crippen molar-refractivity contribution in [2.75, 3.05) is 5.01 Å². The smallest absolute Gasteiger partial charge is 0.280 e. The second-order valence-corrected chi connectivity index (χ2v) is 5.94. The number of hydrogen-bond donors (Lipinski definition) is 1. The molecule has 112 valence electrons. The number of hydrogen-bond acceptors (Lipinski definition) is 4. The first kappa shape index (κ1) is 14.1. The van der Waals surface area contributed by atoms with Crippen molar-refractivity contribution in [3.63, 3.8) is 0 Å². The number of rotatable bonds is 3. The first-order valence-electron chi connectivity index (χ1n) is 7.41. The van der Waals surface area contributed by atoms with Gasteiger partial charge >= 0.3 is 0 Å². The van der Waals surface area contributed by atoms with E-state index in [1.165, 1.54) is 0 Å². The molecule has 0 spiro atoms. The summed E-state index contributed by atoms with van der Waals surface area (Å²) in [6.07, 6.45) is 0.148. The number of fused-ring (bicyclic) bond motifs is 1. The number of aliphatic hydroxyl groups is 1. The Morgan fingerprint density at radius 2 is 2.10 bits per heavy atom. The SMILES string of the molecule is CCc1nc2ccccc2c(=O)n1N1[C@H](C)[C@@]1(C)[C@H](C)O. The van der Waals surface area contributed by atoms with Gasteiger partial charge in [0.15, 0.2) is 0 Å². The van der Waals surface area contributed by atoms with Crippen molar-refractivity contribution in [3.05, 3.63) is 40.4 Å². The van der Waals surface area contributed by atoms with Crippen molar-refractivity contribution in [2.45, 2.75) is 51.8 Å². The zero-order chi connectivity index (χ0) is 15.4. The number of para-hydroxylation sites is 1. The highest BCUT2D eigenvalue weighted by Crippen LogP contribution is 2.41. The maximum atomic E-state index is 12.8. The molecule has 21 heavy (non-hydrogen) atoms. The van der Waals surface area contributed by atoms with Crippen molar-refractivity contribution < 1.29 is 5.11 Å². The summed E-state index contributed by atoms with van der Waals surface area (Å²) < 4.78 is 1.65. The van der Waals surface area contributed by atoms with Crippen molar-refractivity contribution in [1.29, 1.82) is 0 Å². The quantitative estimate of drug-likeness (QED) is 0.868. The second-order valence-electron chi connectivity index (χ2n) is 5.94. The van der Waals surface area contributed by atoms with Crippen LogP contribution in [0.4, 0.5) is 0 Å². The van der Waals surface area contributed by atoms with E-state index in [0.717, 1.165) is 11.3 Å². The molecule has 3 atom stereocenters. The van der Waals surface area contributed by atoms with Crippen molar-refractivity contribution >= 4 is 10.9 Å². The molecule has 1 aliphatic heterocycles. The van der Waals surface area contributed by atoms with Gasteiger partial charge in [-0.1, -0.05) is 19.1 Å². The van der Waals surface area contributed by atoms with Gasteiger partial charge in [-0.15, -0.1) is 0 Å².